The van der Waals surface area contributed by atoms with Crippen LogP contribution in [0.1, 0.15) is 0 Å². The van der Waals surface area contributed by atoms with Gasteiger partial charge in [-0.2, -0.15) is 4.98 Å². The third kappa shape index (κ3) is 10.6. The molecule has 1 aromatic carbocycles. The first-order chi connectivity index (χ1) is 10.3. The van der Waals surface area contributed by atoms with Crippen LogP contribution < -0.4 is 118 Å². The summed E-state index contributed by atoms with van der Waals surface area (Å²) in [4.78, 5) is 25.8. The van der Waals surface area contributed by atoms with Crippen LogP contribution in [-0.2, 0) is 0 Å². The third-order valence-electron chi connectivity index (χ3n) is 1.93. The molecule has 0 unspecified atom stereocenters. The first kappa shape index (κ1) is 26.8. The topological polar surface area (TPSA) is 141 Å². The van der Waals surface area contributed by atoms with Crippen molar-refractivity contribution in [3.05, 3.63) is 50.9 Å². The van der Waals surface area contributed by atoms with Gasteiger partial charge >= 0.3 is 103 Å². The van der Waals surface area contributed by atoms with Crippen LogP contribution >= 0.6 is 23.2 Å². The van der Waals surface area contributed by atoms with E-state index in [1.54, 1.807) is 6.07 Å². The number of hydrogen-bond acceptors (Lipinski definition) is 8. The fraction of sp³-hybridized carbons (Fsp3) is 0. The third-order valence-corrected chi connectivity index (χ3v) is 2.37. The number of nitro benzene ring substituents is 1. The fourth-order valence-electron chi connectivity index (χ4n) is 1.17. The molecule has 0 radical (unpaired) electrons. The molecule has 0 saturated carbocycles. The Kier molecular flexibility index (Phi) is 15.4. The molecule has 0 aliphatic rings. The molecule has 0 fully saturated rings. The molecule has 0 amide bonds. The minimum atomic E-state index is -2.33. The predicted molar refractivity (Wildman–Crippen MR) is 70.6 cm³/mol. The standard InChI is InChI=1S/C10H5Cl2N3O3.CH2O3.2K/c11-8-5-13-10(12)14-9(8)18-7-3-1-2-6(4-7)15(16)17;2-1(3)4;;/h1-5H;(H2,2,3,4);;/q;;2*+1/p-2. The van der Waals surface area contributed by atoms with Crippen molar-refractivity contribution in [2.45, 2.75) is 0 Å². The summed E-state index contributed by atoms with van der Waals surface area (Å²) in [6.45, 7) is 0. The molecular formula is C11H5Cl2K2N3O6. The van der Waals surface area contributed by atoms with Crippen molar-refractivity contribution in [3.8, 4) is 11.6 Å². The number of nitro groups is 1. The number of carboxylic acid groups (broad SMARTS) is 2. The zero-order chi connectivity index (χ0) is 16.7. The van der Waals surface area contributed by atoms with Crippen molar-refractivity contribution in [2.24, 2.45) is 0 Å². The predicted octanol–water partition coefficient (Wildman–Crippen LogP) is -4.96. The number of aromatic nitrogens is 2. The molecule has 13 heteroatoms. The van der Waals surface area contributed by atoms with E-state index in [1.165, 1.54) is 24.4 Å². The molecule has 0 aliphatic carbocycles. The van der Waals surface area contributed by atoms with Gasteiger partial charge in [0.2, 0.25) is 11.2 Å². The Bertz CT molecular complexity index is 703. The number of carbonyl (C=O) groups excluding carboxylic acids is 1. The number of carbonyl (C=O) groups is 1. The molecule has 2 aromatic rings. The second-order valence-corrected chi connectivity index (χ2v) is 4.14. The Morgan fingerprint density at radius 3 is 2.33 bits per heavy atom. The van der Waals surface area contributed by atoms with Crippen LogP contribution in [0.3, 0.4) is 0 Å². The first-order valence-corrected chi connectivity index (χ1v) is 6.03. The number of non-ortho nitro benzene ring substituents is 1. The molecule has 0 spiro atoms. The molecule has 116 valence electrons. The van der Waals surface area contributed by atoms with Gasteiger partial charge in [0.15, 0.2) is 0 Å². The Morgan fingerprint density at radius 1 is 1.21 bits per heavy atom. The van der Waals surface area contributed by atoms with Gasteiger partial charge in [-0.15, -0.1) is 0 Å². The Labute approximate surface area is 230 Å². The average Bonchev–Trinajstić information content (AvgIpc) is 2.42. The van der Waals surface area contributed by atoms with E-state index in [0.29, 0.717) is 0 Å². The van der Waals surface area contributed by atoms with E-state index < -0.39 is 11.1 Å². The molecule has 0 N–H and O–H groups in total. The normalized spacial score (nSPS) is 8.58. The van der Waals surface area contributed by atoms with Crippen LogP contribution in [0.2, 0.25) is 10.3 Å². The second kappa shape index (κ2) is 13.8. The molecule has 9 nitrogen and oxygen atoms in total. The Hall–Kier alpha value is 0.623. The number of rotatable bonds is 3. The van der Waals surface area contributed by atoms with E-state index in [0.717, 1.165) is 0 Å². The number of ether oxygens (including phenoxy) is 1. The molecule has 0 aliphatic heterocycles. The van der Waals surface area contributed by atoms with E-state index in [4.69, 9.17) is 42.9 Å². The van der Waals surface area contributed by atoms with Gasteiger partial charge in [-0.3, -0.25) is 10.1 Å². The largest absolute Gasteiger partial charge is 1.00 e. The molecule has 2 rings (SSSR count). The van der Waals surface area contributed by atoms with Gasteiger partial charge in [0.05, 0.1) is 17.2 Å². The van der Waals surface area contributed by atoms with Crippen molar-refractivity contribution in [1.82, 2.24) is 9.97 Å². The quantitative estimate of drug-likeness (QED) is 0.207. The van der Waals surface area contributed by atoms with Crippen molar-refractivity contribution in [2.75, 3.05) is 0 Å². The van der Waals surface area contributed by atoms with Crippen LogP contribution in [0.15, 0.2) is 30.5 Å². The number of hydrogen-bond donors (Lipinski definition) is 0. The summed E-state index contributed by atoms with van der Waals surface area (Å²) in [5.41, 5.74) is -0.0937. The minimum Gasteiger partial charge on any atom is -0.652 e. The number of benzene rings is 1. The summed E-state index contributed by atoms with van der Waals surface area (Å²) in [7, 11) is 0. The maximum Gasteiger partial charge on any atom is 1.00 e. The van der Waals surface area contributed by atoms with Crippen LogP contribution in [0, 0.1) is 10.1 Å². The molecule has 1 aromatic heterocycles. The minimum absolute atomic E-state index is 0. The smallest absolute Gasteiger partial charge is 0.652 e. The van der Waals surface area contributed by atoms with Crippen LogP contribution in [0.4, 0.5) is 10.5 Å². The van der Waals surface area contributed by atoms with Gasteiger partial charge in [-0.05, 0) is 23.8 Å². The van der Waals surface area contributed by atoms with Crippen LogP contribution in [0.5, 0.6) is 11.6 Å². The van der Waals surface area contributed by atoms with Gasteiger partial charge in [-0.25, -0.2) is 4.98 Å². The van der Waals surface area contributed by atoms with Crippen LogP contribution in [-0.4, -0.2) is 21.0 Å². The fourth-order valence-corrected chi connectivity index (χ4v) is 1.43. The Balaban J connectivity index is 0. The summed E-state index contributed by atoms with van der Waals surface area (Å²) in [6.07, 6.45) is -1.05. The second-order valence-electron chi connectivity index (χ2n) is 3.40. The molecular weight excluding hydrogens is 419 g/mol. The summed E-state index contributed by atoms with van der Waals surface area (Å²) >= 11 is 11.4. The van der Waals surface area contributed by atoms with E-state index in [-0.39, 0.29) is 130 Å². The van der Waals surface area contributed by atoms with Crippen molar-refractivity contribution < 1.29 is 127 Å². The maximum atomic E-state index is 10.6. The van der Waals surface area contributed by atoms with Crippen molar-refractivity contribution in [3.63, 3.8) is 0 Å². The van der Waals surface area contributed by atoms with Gasteiger partial charge in [0.25, 0.3) is 5.69 Å². The van der Waals surface area contributed by atoms with Gasteiger partial charge in [0, 0.05) is 6.07 Å². The summed E-state index contributed by atoms with van der Waals surface area (Å²) in [5, 5.41) is 27.4. The van der Waals surface area contributed by atoms with E-state index >= 15 is 0 Å². The van der Waals surface area contributed by atoms with Gasteiger partial charge in [0.1, 0.15) is 10.8 Å². The van der Waals surface area contributed by atoms with E-state index in [1.807, 2.05) is 0 Å². The molecule has 0 bridgehead atoms. The van der Waals surface area contributed by atoms with E-state index in [2.05, 4.69) is 9.97 Å². The molecule has 24 heavy (non-hydrogen) atoms. The zero-order valence-corrected chi connectivity index (χ0v) is 20.2. The van der Waals surface area contributed by atoms with Gasteiger partial charge in [-0.1, -0.05) is 17.7 Å². The molecule has 0 atom stereocenters. The van der Waals surface area contributed by atoms with E-state index in [9.17, 15) is 10.1 Å². The first-order valence-electron chi connectivity index (χ1n) is 5.28. The van der Waals surface area contributed by atoms with Crippen LogP contribution in [0.25, 0.3) is 0 Å². The summed E-state index contributed by atoms with van der Waals surface area (Å²) < 4.78 is 5.31. The number of halogens is 2. The Morgan fingerprint density at radius 2 is 1.79 bits per heavy atom. The maximum absolute atomic E-state index is 10.6. The summed E-state index contributed by atoms with van der Waals surface area (Å²) in [6, 6.07) is 5.64. The average molecular weight is 424 g/mol. The molecule has 1 heterocycles. The number of nitrogens with zero attached hydrogens (tertiary/aromatic N) is 3. The molecule has 0 saturated heterocycles. The van der Waals surface area contributed by atoms with Crippen molar-refractivity contribution in [1.29, 1.82) is 0 Å². The van der Waals surface area contributed by atoms with Gasteiger partial charge < -0.3 is 19.7 Å². The van der Waals surface area contributed by atoms with Crippen molar-refractivity contribution >= 4 is 35.0 Å². The monoisotopic (exact) mass is 423 g/mol. The zero-order valence-electron chi connectivity index (χ0n) is 12.4. The summed E-state index contributed by atoms with van der Waals surface area (Å²) in [5.74, 6) is 0.276. The SMILES string of the molecule is O=C([O-])[O-].O=[N+]([O-])c1cccc(Oc2nc(Cl)ncc2Cl)c1.[K+].[K+].